The van der Waals surface area contributed by atoms with Crippen LogP contribution in [0.3, 0.4) is 0 Å². The maximum atomic E-state index is 11.7. The van der Waals surface area contributed by atoms with Crippen molar-refractivity contribution in [1.82, 2.24) is 0 Å². The third-order valence-electron chi connectivity index (χ3n) is 2.86. The van der Waals surface area contributed by atoms with Gasteiger partial charge in [-0.15, -0.1) is 0 Å². The zero-order valence-corrected chi connectivity index (χ0v) is 12.7. The van der Waals surface area contributed by atoms with Gasteiger partial charge >= 0.3 is 0 Å². The molecule has 1 N–H and O–H groups in total. The first-order valence-corrected chi connectivity index (χ1v) is 6.97. The fraction of sp³-hybridized carbons (Fsp3) is 0.312. The van der Waals surface area contributed by atoms with Crippen molar-refractivity contribution in [2.75, 3.05) is 5.32 Å². The van der Waals surface area contributed by atoms with E-state index in [-0.39, 0.29) is 17.5 Å². The van der Waals surface area contributed by atoms with Gasteiger partial charge in [-0.05, 0) is 17.5 Å². The monoisotopic (exact) mass is 288 g/mol. The maximum absolute atomic E-state index is 11.7. The maximum Gasteiger partial charge on any atom is 0.270 e. The summed E-state index contributed by atoms with van der Waals surface area (Å²) in [4.78, 5) is 22.0. The standard InChI is InChI=1S/C14H14N2O3.C2H6/c1-9(2)14(17)15-13-5-3-4-10-8-11(16(18)19)6-7-12(10)13;1-2/h3-9H,1-2H3,(H,15,17);1-2H3. The van der Waals surface area contributed by atoms with Crippen LogP contribution in [0.15, 0.2) is 36.4 Å². The van der Waals surface area contributed by atoms with Gasteiger partial charge in [0.05, 0.1) is 4.92 Å². The van der Waals surface area contributed by atoms with Crippen LogP contribution >= 0.6 is 0 Å². The Hall–Kier alpha value is -2.43. The number of nitrogens with zero attached hydrogens (tertiary/aromatic N) is 1. The highest BCUT2D eigenvalue weighted by molar-refractivity contribution is 6.03. The number of rotatable bonds is 3. The highest BCUT2D eigenvalue weighted by Crippen LogP contribution is 2.27. The van der Waals surface area contributed by atoms with E-state index in [1.54, 1.807) is 24.3 Å². The first-order valence-electron chi connectivity index (χ1n) is 6.97. The van der Waals surface area contributed by atoms with Crippen LogP contribution in [-0.4, -0.2) is 10.8 Å². The lowest BCUT2D eigenvalue weighted by atomic mass is 10.1. The van der Waals surface area contributed by atoms with Gasteiger partial charge in [0.1, 0.15) is 0 Å². The molecule has 0 heterocycles. The molecular formula is C16H20N2O3. The Morgan fingerprint density at radius 1 is 1.19 bits per heavy atom. The van der Waals surface area contributed by atoms with Crippen molar-refractivity contribution in [3.8, 4) is 0 Å². The van der Waals surface area contributed by atoms with Gasteiger partial charge in [-0.2, -0.15) is 0 Å². The molecule has 2 rings (SSSR count). The fourth-order valence-corrected chi connectivity index (χ4v) is 1.77. The SMILES string of the molecule is CC.CC(C)C(=O)Nc1cccc2cc([N+](=O)[O-])ccc12. The minimum Gasteiger partial charge on any atom is -0.325 e. The number of carbonyl (C=O) groups is 1. The van der Waals surface area contributed by atoms with E-state index in [0.29, 0.717) is 5.69 Å². The molecule has 112 valence electrons. The topological polar surface area (TPSA) is 72.2 Å². The molecular weight excluding hydrogens is 268 g/mol. The molecule has 1 amide bonds. The second kappa shape index (κ2) is 7.38. The first-order chi connectivity index (χ1) is 9.99. The predicted octanol–water partition coefficient (Wildman–Crippen LogP) is 4.37. The Labute approximate surface area is 124 Å². The van der Waals surface area contributed by atoms with Crippen molar-refractivity contribution in [3.63, 3.8) is 0 Å². The molecule has 0 saturated carbocycles. The Morgan fingerprint density at radius 2 is 1.86 bits per heavy atom. The van der Waals surface area contributed by atoms with Gasteiger partial charge in [0, 0.05) is 29.1 Å². The van der Waals surface area contributed by atoms with Crippen LogP contribution in [0.2, 0.25) is 0 Å². The third-order valence-corrected chi connectivity index (χ3v) is 2.86. The second-order valence-electron chi connectivity index (χ2n) is 4.61. The van der Waals surface area contributed by atoms with Gasteiger partial charge in [-0.1, -0.05) is 39.8 Å². The number of nitro groups is 1. The number of nitrogens with one attached hydrogen (secondary N) is 1. The minimum absolute atomic E-state index is 0.0415. The Balaban J connectivity index is 0.00000106. The van der Waals surface area contributed by atoms with E-state index in [1.807, 2.05) is 27.7 Å². The number of fused-ring (bicyclic) bond motifs is 1. The number of carbonyl (C=O) groups excluding carboxylic acids is 1. The normalized spacial score (nSPS) is 9.95. The summed E-state index contributed by atoms with van der Waals surface area (Å²) < 4.78 is 0. The summed E-state index contributed by atoms with van der Waals surface area (Å²) in [5, 5.41) is 15.1. The number of non-ortho nitro benzene ring substituents is 1. The number of amides is 1. The van der Waals surface area contributed by atoms with E-state index >= 15 is 0 Å². The van der Waals surface area contributed by atoms with Crippen LogP contribution in [0, 0.1) is 16.0 Å². The van der Waals surface area contributed by atoms with E-state index in [4.69, 9.17) is 0 Å². The zero-order valence-electron chi connectivity index (χ0n) is 12.7. The minimum atomic E-state index is -0.432. The third kappa shape index (κ3) is 4.02. The molecule has 0 spiro atoms. The molecule has 0 aliphatic heterocycles. The lowest BCUT2D eigenvalue weighted by Gasteiger charge is -2.10. The molecule has 2 aromatic carbocycles. The molecule has 0 aromatic heterocycles. The smallest absolute Gasteiger partial charge is 0.270 e. The highest BCUT2D eigenvalue weighted by atomic mass is 16.6. The summed E-state index contributed by atoms with van der Waals surface area (Å²) in [6.45, 7) is 7.62. The fourth-order valence-electron chi connectivity index (χ4n) is 1.77. The van der Waals surface area contributed by atoms with Gasteiger partial charge in [-0.3, -0.25) is 14.9 Å². The van der Waals surface area contributed by atoms with Crippen molar-refractivity contribution in [2.45, 2.75) is 27.7 Å². The van der Waals surface area contributed by atoms with Crippen molar-refractivity contribution in [1.29, 1.82) is 0 Å². The number of nitro benzene ring substituents is 1. The first kappa shape index (κ1) is 16.6. The molecule has 0 saturated heterocycles. The van der Waals surface area contributed by atoms with Gasteiger partial charge in [-0.25, -0.2) is 0 Å². The van der Waals surface area contributed by atoms with Crippen molar-refractivity contribution < 1.29 is 9.72 Å². The van der Waals surface area contributed by atoms with E-state index in [0.717, 1.165) is 10.8 Å². The summed E-state index contributed by atoms with van der Waals surface area (Å²) in [5.41, 5.74) is 0.714. The van der Waals surface area contributed by atoms with Crippen molar-refractivity contribution in [2.24, 2.45) is 5.92 Å². The predicted molar refractivity (Wildman–Crippen MR) is 85.4 cm³/mol. The Bertz CT molecular complexity index is 651. The summed E-state index contributed by atoms with van der Waals surface area (Å²) in [7, 11) is 0. The van der Waals surface area contributed by atoms with Gasteiger partial charge < -0.3 is 5.32 Å². The summed E-state index contributed by atoms with van der Waals surface area (Å²) in [5.74, 6) is -0.195. The molecule has 2 aromatic rings. The molecule has 0 unspecified atom stereocenters. The molecule has 0 radical (unpaired) electrons. The average molecular weight is 288 g/mol. The van der Waals surface area contributed by atoms with Crippen LogP contribution in [0.1, 0.15) is 27.7 Å². The van der Waals surface area contributed by atoms with Crippen LogP contribution in [0.4, 0.5) is 11.4 Å². The Kier molecular flexibility index (Phi) is 5.84. The molecule has 0 fully saturated rings. The lowest BCUT2D eigenvalue weighted by molar-refractivity contribution is -0.384. The number of hydrogen-bond donors (Lipinski definition) is 1. The van der Waals surface area contributed by atoms with Gasteiger partial charge in [0.25, 0.3) is 5.69 Å². The number of hydrogen-bond acceptors (Lipinski definition) is 3. The average Bonchev–Trinajstić information content (AvgIpc) is 2.48. The van der Waals surface area contributed by atoms with E-state index < -0.39 is 4.92 Å². The largest absolute Gasteiger partial charge is 0.325 e. The number of benzene rings is 2. The summed E-state index contributed by atoms with van der Waals surface area (Å²) in [6.07, 6.45) is 0. The van der Waals surface area contributed by atoms with Gasteiger partial charge in [0.2, 0.25) is 5.91 Å². The molecule has 0 aliphatic rings. The van der Waals surface area contributed by atoms with Gasteiger partial charge in [0.15, 0.2) is 0 Å². The van der Waals surface area contributed by atoms with Crippen LogP contribution in [0.25, 0.3) is 10.8 Å². The van der Waals surface area contributed by atoms with Crippen LogP contribution in [-0.2, 0) is 4.79 Å². The molecule has 5 nitrogen and oxygen atoms in total. The Morgan fingerprint density at radius 3 is 2.43 bits per heavy atom. The summed E-state index contributed by atoms with van der Waals surface area (Å²) in [6, 6.07) is 9.93. The quantitative estimate of drug-likeness (QED) is 0.673. The lowest BCUT2D eigenvalue weighted by Crippen LogP contribution is -2.17. The molecule has 0 bridgehead atoms. The number of anilines is 1. The highest BCUT2D eigenvalue weighted by Gasteiger charge is 2.11. The second-order valence-corrected chi connectivity index (χ2v) is 4.61. The van der Waals surface area contributed by atoms with Crippen LogP contribution in [0.5, 0.6) is 0 Å². The van der Waals surface area contributed by atoms with E-state index in [9.17, 15) is 14.9 Å². The summed E-state index contributed by atoms with van der Waals surface area (Å²) >= 11 is 0. The molecule has 5 heteroatoms. The van der Waals surface area contributed by atoms with E-state index in [2.05, 4.69) is 5.32 Å². The van der Waals surface area contributed by atoms with Crippen molar-refractivity contribution >= 4 is 28.1 Å². The molecule has 21 heavy (non-hydrogen) atoms. The molecule has 0 atom stereocenters. The van der Waals surface area contributed by atoms with Crippen LogP contribution < -0.4 is 5.32 Å². The van der Waals surface area contributed by atoms with Crippen molar-refractivity contribution in [3.05, 3.63) is 46.5 Å². The molecule has 0 aliphatic carbocycles. The zero-order chi connectivity index (χ0) is 16.0. The van der Waals surface area contributed by atoms with E-state index in [1.165, 1.54) is 12.1 Å².